The molecule has 8 heteroatoms. The number of nitrogens with zero attached hydrogens (tertiary/aromatic N) is 1. The summed E-state index contributed by atoms with van der Waals surface area (Å²) in [5.41, 5.74) is -1.97. The molecule has 1 fully saturated rings. The maximum atomic E-state index is 14.2. The molecule has 4 nitrogen and oxygen atoms in total. The van der Waals surface area contributed by atoms with E-state index < -0.39 is 35.0 Å². The number of hydrogen-bond acceptors (Lipinski definition) is 2. The van der Waals surface area contributed by atoms with Crippen LogP contribution in [0.3, 0.4) is 0 Å². The minimum atomic E-state index is -4.77. The van der Waals surface area contributed by atoms with Crippen LogP contribution in [0.25, 0.3) is 16.6 Å². The second-order valence-corrected chi connectivity index (χ2v) is 7.71. The summed E-state index contributed by atoms with van der Waals surface area (Å²) >= 11 is 0. The minimum absolute atomic E-state index is 0.0300. The van der Waals surface area contributed by atoms with Crippen molar-refractivity contribution >= 4 is 16.9 Å². The first-order chi connectivity index (χ1) is 13.5. The zero-order valence-corrected chi connectivity index (χ0v) is 15.3. The highest BCUT2D eigenvalue weighted by molar-refractivity contribution is 5.93. The van der Waals surface area contributed by atoms with E-state index in [4.69, 9.17) is 0 Å². The van der Waals surface area contributed by atoms with E-state index in [0.717, 1.165) is 16.7 Å². The van der Waals surface area contributed by atoms with Gasteiger partial charge in [-0.1, -0.05) is 6.07 Å². The number of phenolic OH excluding ortho intramolecular Hbond substituents is 1. The third-order valence-electron chi connectivity index (χ3n) is 5.68. The number of phenols is 1. The molecule has 1 aromatic heterocycles. The first-order valence-electron chi connectivity index (χ1n) is 8.96. The lowest BCUT2D eigenvalue weighted by Crippen LogP contribution is -2.40. The Balaban J connectivity index is 2.03. The van der Waals surface area contributed by atoms with Crippen LogP contribution in [0.15, 0.2) is 42.5 Å². The van der Waals surface area contributed by atoms with Crippen LogP contribution in [0, 0.1) is 11.2 Å². The maximum Gasteiger partial charge on any atom is 0.432 e. The molecule has 0 bridgehead atoms. The molecular formula is C21H17F4NO3. The van der Waals surface area contributed by atoms with Gasteiger partial charge in [-0.15, -0.1) is 0 Å². The van der Waals surface area contributed by atoms with Crippen LogP contribution in [-0.2, 0) is 11.0 Å². The lowest BCUT2D eigenvalue weighted by Gasteiger charge is -2.42. The lowest BCUT2D eigenvalue weighted by atomic mass is 9.60. The highest BCUT2D eigenvalue weighted by Crippen LogP contribution is 2.56. The zero-order chi connectivity index (χ0) is 21.1. The molecule has 29 heavy (non-hydrogen) atoms. The van der Waals surface area contributed by atoms with Crippen molar-refractivity contribution < 1.29 is 32.6 Å². The number of hydrogen-bond donors (Lipinski definition) is 2. The SMILES string of the molecule is CC1(C(=O)O)CC(c2c(C(F)(F)F)n(-c3ccc(F)cc3)c3cccc(O)c23)C1. The van der Waals surface area contributed by atoms with Crippen molar-refractivity contribution in [2.45, 2.75) is 31.9 Å². The predicted molar refractivity (Wildman–Crippen MR) is 97.6 cm³/mol. The van der Waals surface area contributed by atoms with Crippen LogP contribution >= 0.6 is 0 Å². The molecule has 1 saturated carbocycles. The number of halogens is 4. The number of carboxylic acids is 1. The normalized spacial score (nSPS) is 21.9. The van der Waals surface area contributed by atoms with Gasteiger partial charge in [0.1, 0.15) is 17.3 Å². The second-order valence-electron chi connectivity index (χ2n) is 7.71. The number of alkyl halides is 3. The van der Waals surface area contributed by atoms with Crippen molar-refractivity contribution in [1.29, 1.82) is 0 Å². The van der Waals surface area contributed by atoms with Crippen LogP contribution in [0.1, 0.15) is 36.9 Å². The Bertz CT molecular complexity index is 1110. The van der Waals surface area contributed by atoms with Gasteiger partial charge in [0, 0.05) is 11.1 Å². The smallest absolute Gasteiger partial charge is 0.432 e. The van der Waals surface area contributed by atoms with E-state index in [1.807, 2.05) is 0 Å². The van der Waals surface area contributed by atoms with Crippen molar-refractivity contribution in [1.82, 2.24) is 4.57 Å². The van der Waals surface area contributed by atoms with Gasteiger partial charge in [-0.05, 0) is 67.6 Å². The summed E-state index contributed by atoms with van der Waals surface area (Å²) in [4.78, 5) is 11.4. The summed E-state index contributed by atoms with van der Waals surface area (Å²) in [6, 6.07) is 8.79. The van der Waals surface area contributed by atoms with E-state index in [1.54, 1.807) is 0 Å². The fourth-order valence-electron chi connectivity index (χ4n) is 4.29. The number of rotatable bonds is 3. The molecule has 2 aromatic carbocycles. The number of aromatic nitrogens is 1. The molecule has 0 aliphatic heterocycles. The number of aromatic hydroxyl groups is 1. The minimum Gasteiger partial charge on any atom is -0.507 e. The van der Waals surface area contributed by atoms with Crippen LogP contribution in [0.5, 0.6) is 5.75 Å². The highest BCUT2D eigenvalue weighted by atomic mass is 19.4. The zero-order valence-electron chi connectivity index (χ0n) is 15.3. The maximum absolute atomic E-state index is 14.2. The predicted octanol–water partition coefficient (Wildman–Crippen LogP) is 5.46. The Labute approximate surface area is 163 Å². The first kappa shape index (κ1) is 19.3. The summed E-state index contributed by atoms with van der Waals surface area (Å²) in [6.45, 7) is 1.50. The molecule has 2 N–H and O–H groups in total. The molecule has 3 aromatic rings. The molecule has 1 aliphatic carbocycles. The first-order valence-corrected chi connectivity index (χ1v) is 8.96. The van der Waals surface area contributed by atoms with Gasteiger partial charge in [-0.3, -0.25) is 4.79 Å². The number of carboxylic acid groups (broad SMARTS) is 1. The summed E-state index contributed by atoms with van der Waals surface area (Å²) < 4.78 is 57.0. The van der Waals surface area contributed by atoms with E-state index in [1.165, 1.54) is 37.3 Å². The van der Waals surface area contributed by atoms with Gasteiger partial charge >= 0.3 is 12.1 Å². The van der Waals surface area contributed by atoms with Crippen LogP contribution in [0.4, 0.5) is 17.6 Å². The Morgan fingerprint density at radius 1 is 1.14 bits per heavy atom. The second kappa shape index (κ2) is 6.23. The number of aliphatic carboxylic acids is 1. The van der Waals surface area contributed by atoms with Gasteiger partial charge in [0.2, 0.25) is 0 Å². The van der Waals surface area contributed by atoms with Crippen molar-refractivity contribution in [2.75, 3.05) is 0 Å². The van der Waals surface area contributed by atoms with E-state index in [2.05, 4.69) is 0 Å². The van der Waals surface area contributed by atoms with Crippen molar-refractivity contribution in [3.8, 4) is 11.4 Å². The average Bonchev–Trinajstić information content (AvgIpc) is 2.96. The molecule has 0 spiro atoms. The molecule has 4 rings (SSSR count). The molecule has 0 saturated heterocycles. The summed E-state index contributed by atoms with van der Waals surface area (Å²) in [6.07, 6.45) is -4.71. The van der Waals surface area contributed by atoms with Crippen molar-refractivity contribution in [2.24, 2.45) is 5.41 Å². The van der Waals surface area contributed by atoms with E-state index in [9.17, 15) is 32.6 Å². The molecular weight excluding hydrogens is 390 g/mol. The summed E-state index contributed by atoms with van der Waals surface area (Å²) in [7, 11) is 0. The van der Waals surface area contributed by atoms with E-state index in [-0.39, 0.29) is 40.7 Å². The van der Waals surface area contributed by atoms with E-state index in [0.29, 0.717) is 0 Å². The van der Waals surface area contributed by atoms with Crippen LogP contribution < -0.4 is 0 Å². The van der Waals surface area contributed by atoms with Gasteiger partial charge in [0.05, 0.1) is 10.9 Å². The molecule has 0 atom stereocenters. The standard InChI is InChI=1S/C21H17F4NO3/c1-20(19(28)29)9-11(10-20)16-17-14(3-2-4-15(17)27)26(18(16)21(23,24)25)13-7-5-12(22)6-8-13/h2-8,11,27H,9-10H2,1H3,(H,28,29). The monoisotopic (exact) mass is 407 g/mol. The van der Waals surface area contributed by atoms with E-state index >= 15 is 0 Å². The van der Waals surface area contributed by atoms with Gasteiger partial charge in [-0.25, -0.2) is 4.39 Å². The number of benzene rings is 2. The Kier molecular flexibility index (Phi) is 4.15. The summed E-state index contributed by atoms with van der Waals surface area (Å²) in [5.74, 6) is -2.63. The molecule has 0 radical (unpaired) electrons. The summed E-state index contributed by atoms with van der Waals surface area (Å²) in [5, 5.41) is 19.8. The molecule has 0 amide bonds. The van der Waals surface area contributed by atoms with Crippen molar-refractivity contribution in [3.05, 3.63) is 59.5 Å². The highest BCUT2D eigenvalue weighted by Gasteiger charge is 2.51. The Morgan fingerprint density at radius 2 is 1.76 bits per heavy atom. The van der Waals surface area contributed by atoms with Crippen LogP contribution in [0.2, 0.25) is 0 Å². The number of carbonyl (C=O) groups is 1. The van der Waals surface area contributed by atoms with Gasteiger partial charge in [-0.2, -0.15) is 13.2 Å². The Morgan fingerprint density at radius 3 is 2.31 bits per heavy atom. The molecule has 1 heterocycles. The average molecular weight is 407 g/mol. The van der Waals surface area contributed by atoms with Crippen molar-refractivity contribution in [3.63, 3.8) is 0 Å². The topological polar surface area (TPSA) is 62.5 Å². The third kappa shape index (κ3) is 2.94. The molecule has 0 unspecified atom stereocenters. The largest absolute Gasteiger partial charge is 0.507 e. The fourth-order valence-corrected chi connectivity index (χ4v) is 4.29. The fraction of sp³-hybridized carbons (Fsp3) is 0.286. The van der Waals surface area contributed by atoms with Gasteiger partial charge in [0.25, 0.3) is 0 Å². The van der Waals surface area contributed by atoms with Gasteiger partial charge in [0.15, 0.2) is 0 Å². The lowest BCUT2D eigenvalue weighted by molar-refractivity contribution is -0.154. The molecule has 1 aliphatic rings. The third-order valence-corrected chi connectivity index (χ3v) is 5.68. The van der Waals surface area contributed by atoms with Crippen LogP contribution in [-0.4, -0.2) is 20.7 Å². The Hall–Kier alpha value is -3.03. The quantitative estimate of drug-likeness (QED) is 0.567. The molecule has 152 valence electrons. The number of fused-ring (bicyclic) bond motifs is 1. The van der Waals surface area contributed by atoms with Gasteiger partial charge < -0.3 is 14.8 Å².